The monoisotopic (exact) mass is 450 g/mol. The highest BCUT2D eigenvalue weighted by atomic mass is 79.9. The number of aromatic nitrogens is 1. The van der Waals surface area contributed by atoms with E-state index in [2.05, 4.69) is 80.1 Å². The largest absolute Gasteiger partial charge is 0.345 e. The molecule has 0 spiro atoms. The van der Waals surface area contributed by atoms with E-state index in [4.69, 9.17) is 0 Å². The predicted molar refractivity (Wildman–Crippen MR) is 120 cm³/mol. The Labute approximate surface area is 181 Å². The molecule has 4 heteroatoms. The number of amides is 1. The van der Waals surface area contributed by atoms with Gasteiger partial charge in [0.15, 0.2) is 0 Å². The van der Waals surface area contributed by atoms with Gasteiger partial charge in [-0.2, -0.15) is 0 Å². The van der Waals surface area contributed by atoms with Crippen LogP contribution in [0, 0.1) is 5.92 Å². The van der Waals surface area contributed by atoms with Gasteiger partial charge in [0.25, 0.3) is 0 Å². The molecule has 0 N–H and O–H groups in total. The van der Waals surface area contributed by atoms with Crippen LogP contribution in [-0.2, 0) is 24.4 Å². The van der Waals surface area contributed by atoms with Crippen LogP contribution in [0.15, 0.2) is 77.4 Å². The van der Waals surface area contributed by atoms with Gasteiger partial charge in [-0.3, -0.25) is 4.79 Å². The van der Waals surface area contributed by atoms with Crippen LogP contribution in [0.1, 0.15) is 42.5 Å². The number of nitrogens with zero attached hydrogens (tertiary/aromatic N) is 2. The minimum atomic E-state index is 0.189. The van der Waals surface area contributed by atoms with Crippen LogP contribution in [0.4, 0.5) is 0 Å². The van der Waals surface area contributed by atoms with E-state index >= 15 is 0 Å². The van der Waals surface area contributed by atoms with Crippen LogP contribution in [0.2, 0.25) is 0 Å². The highest BCUT2D eigenvalue weighted by Gasteiger charge is 2.27. The first-order valence-corrected chi connectivity index (χ1v) is 11.2. The Morgan fingerprint density at radius 3 is 2.34 bits per heavy atom. The summed E-state index contributed by atoms with van der Waals surface area (Å²) in [5.41, 5.74) is 3.61. The molecule has 1 amide bonds. The van der Waals surface area contributed by atoms with E-state index < -0.39 is 0 Å². The smallest absolute Gasteiger partial charge is 0.226 e. The van der Waals surface area contributed by atoms with E-state index in [1.165, 1.54) is 29.7 Å². The lowest BCUT2D eigenvalue weighted by Gasteiger charge is -2.26. The molecule has 0 aliphatic heterocycles. The summed E-state index contributed by atoms with van der Waals surface area (Å²) in [7, 11) is 0. The molecule has 0 bridgehead atoms. The van der Waals surface area contributed by atoms with Crippen LogP contribution >= 0.6 is 15.9 Å². The van der Waals surface area contributed by atoms with Crippen molar-refractivity contribution in [3.8, 4) is 0 Å². The third kappa shape index (κ3) is 5.18. The molecule has 1 aromatic heterocycles. The minimum absolute atomic E-state index is 0.189. The molecule has 29 heavy (non-hydrogen) atoms. The molecule has 4 rings (SSSR count). The van der Waals surface area contributed by atoms with Crippen molar-refractivity contribution in [2.45, 2.75) is 45.3 Å². The van der Waals surface area contributed by atoms with Crippen molar-refractivity contribution >= 4 is 21.8 Å². The first-order chi connectivity index (χ1) is 14.2. The van der Waals surface area contributed by atoms with E-state index in [1.54, 1.807) is 0 Å². The second-order valence-electron chi connectivity index (χ2n) is 7.92. The molecule has 3 aromatic rings. The Hall–Kier alpha value is -2.33. The van der Waals surface area contributed by atoms with Gasteiger partial charge in [-0.25, -0.2) is 0 Å². The van der Waals surface area contributed by atoms with Crippen molar-refractivity contribution in [3.63, 3.8) is 0 Å². The molecule has 0 saturated heterocycles. The third-order valence-corrected chi connectivity index (χ3v) is 6.30. The molecule has 1 saturated carbocycles. The summed E-state index contributed by atoms with van der Waals surface area (Å²) in [5.74, 6) is 0.497. The number of hydrogen-bond acceptors (Lipinski definition) is 1. The molecule has 0 unspecified atom stereocenters. The number of carbonyl (C=O) groups is 1. The van der Waals surface area contributed by atoms with Gasteiger partial charge in [0, 0.05) is 35.4 Å². The highest BCUT2D eigenvalue weighted by Crippen LogP contribution is 2.28. The van der Waals surface area contributed by atoms with Gasteiger partial charge in [0.05, 0.1) is 6.54 Å². The zero-order chi connectivity index (χ0) is 20.1. The SMILES string of the molecule is O=C(C1CCCC1)N(Cc1ccccc1)Cc1cccn1Cc1ccc(Br)cc1. The zero-order valence-electron chi connectivity index (χ0n) is 16.6. The summed E-state index contributed by atoms with van der Waals surface area (Å²) in [4.78, 5) is 15.3. The molecule has 1 aliphatic carbocycles. The molecular weight excluding hydrogens is 424 g/mol. The third-order valence-electron chi connectivity index (χ3n) is 5.77. The van der Waals surface area contributed by atoms with Crippen LogP contribution in [0.3, 0.4) is 0 Å². The van der Waals surface area contributed by atoms with E-state index in [0.717, 1.165) is 23.9 Å². The van der Waals surface area contributed by atoms with E-state index in [1.807, 2.05) is 18.2 Å². The number of carbonyl (C=O) groups excluding carboxylic acids is 1. The van der Waals surface area contributed by atoms with Gasteiger partial charge in [-0.15, -0.1) is 0 Å². The van der Waals surface area contributed by atoms with E-state index in [9.17, 15) is 4.79 Å². The predicted octanol–water partition coefficient (Wildman–Crippen LogP) is 6.02. The maximum atomic E-state index is 13.3. The standard InChI is InChI=1S/C25H27BrN2O/c26-23-14-12-21(13-15-23)17-27-16-6-11-24(27)19-28(18-20-7-2-1-3-8-20)25(29)22-9-4-5-10-22/h1-3,6-8,11-16,22H,4-5,9-10,17-19H2. The van der Waals surface area contributed by atoms with E-state index in [0.29, 0.717) is 19.0 Å². The number of hydrogen-bond donors (Lipinski definition) is 0. The summed E-state index contributed by atoms with van der Waals surface area (Å²) >= 11 is 3.50. The van der Waals surface area contributed by atoms with Gasteiger partial charge < -0.3 is 9.47 Å². The Kier molecular flexibility index (Phi) is 6.50. The van der Waals surface area contributed by atoms with Crippen LogP contribution < -0.4 is 0 Å². The highest BCUT2D eigenvalue weighted by molar-refractivity contribution is 9.10. The number of benzene rings is 2. The fourth-order valence-electron chi connectivity index (χ4n) is 4.18. The molecule has 1 heterocycles. The zero-order valence-corrected chi connectivity index (χ0v) is 18.2. The van der Waals surface area contributed by atoms with Crippen molar-refractivity contribution in [2.24, 2.45) is 5.92 Å². The Morgan fingerprint density at radius 1 is 0.897 bits per heavy atom. The average molecular weight is 451 g/mol. The van der Waals surface area contributed by atoms with Crippen molar-refractivity contribution < 1.29 is 4.79 Å². The van der Waals surface area contributed by atoms with Crippen LogP contribution in [0.5, 0.6) is 0 Å². The second-order valence-corrected chi connectivity index (χ2v) is 8.83. The van der Waals surface area contributed by atoms with Gasteiger partial charge in [0.2, 0.25) is 5.91 Å². The van der Waals surface area contributed by atoms with Crippen LogP contribution in [-0.4, -0.2) is 15.4 Å². The average Bonchev–Trinajstić information content (AvgIpc) is 3.42. The Morgan fingerprint density at radius 2 is 1.62 bits per heavy atom. The molecular formula is C25H27BrN2O. The number of halogens is 1. The lowest BCUT2D eigenvalue weighted by atomic mass is 10.1. The van der Waals surface area contributed by atoms with Crippen LogP contribution in [0.25, 0.3) is 0 Å². The number of rotatable bonds is 7. The first-order valence-electron chi connectivity index (χ1n) is 10.4. The lowest BCUT2D eigenvalue weighted by molar-refractivity contribution is -0.136. The topological polar surface area (TPSA) is 25.2 Å². The van der Waals surface area contributed by atoms with E-state index in [-0.39, 0.29) is 5.92 Å². The molecule has 1 fully saturated rings. The molecule has 2 aromatic carbocycles. The quantitative estimate of drug-likeness (QED) is 0.431. The summed E-state index contributed by atoms with van der Waals surface area (Å²) in [6.45, 7) is 2.12. The van der Waals surface area contributed by atoms with Crippen molar-refractivity contribution in [1.82, 2.24) is 9.47 Å². The maximum absolute atomic E-state index is 13.3. The van der Waals surface area contributed by atoms with Crippen molar-refractivity contribution in [3.05, 3.63) is 94.2 Å². The Balaban J connectivity index is 1.53. The molecule has 0 radical (unpaired) electrons. The molecule has 150 valence electrons. The molecule has 1 aliphatic rings. The van der Waals surface area contributed by atoms with Crippen molar-refractivity contribution in [2.75, 3.05) is 0 Å². The fourth-order valence-corrected chi connectivity index (χ4v) is 4.44. The minimum Gasteiger partial charge on any atom is -0.345 e. The molecule has 0 atom stereocenters. The maximum Gasteiger partial charge on any atom is 0.226 e. The van der Waals surface area contributed by atoms with Gasteiger partial charge in [0.1, 0.15) is 0 Å². The lowest BCUT2D eigenvalue weighted by Crippen LogP contribution is -2.35. The van der Waals surface area contributed by atoms with Gasteiger partial charge >= 0.3 is 0 Å². The van der Waals surface area contributed by atoms with Gasteiger partial charge in [-0.1, -0.05) is 71.2 Å². The van der Waals surface area contributed by atoms with Crippen molar-refractivity contribution in [1.29, 1.82) is 0 Å². The summed E-state index contributed by atoms with van der Waals surface area (Å²) < 4.78 is 3.34. The summed E-state index contributed by atoms with van der Waals surface area (Å²) in [6, 6.07) is 23.0. The fraction of sp³-hybridized carbons (Fsp3) is 0.320. The second kappa shape index (κ2) is 9.45. The molecule has 3 nitrogen and oxygen atoms in total. The van der Waals surface area contributed by atoms with Gasteiger partial charge in [-0.05, 0) is 48.2 Å². The Bertz CT molecular complexity index is 927. The first kappa shape index (κ1) is 20.0. The normalized spacial score (nSPS) is 14.2. The summed E-state index contributed by atoms with van der Waals surface area (Å²) in [6.07, 6.45) is 6.53. The summed E-state index contributed by atoms with van der Waals surface area (Å²) in [5, 5.41) is 0.